The fraction of sp³-hybridized carbons (Fsp3) is 0.348. The first-order valence-corrected chi connectivity index (χ1v) is 10.3. The van der Waals surface area contributed by atoms with Crippen LogP contribution < -0.4 is 21.3 Å². The third kappa shape index (κ3) is 6.07. The lowest BCUT2D eigenvalue weighted by atomic mass is 10.1. The molecule has 7 nitrogen and oxygen atoms in total. The number of carbonyl (C=O) groups excluding carboxylic acids is 3. The van der Waals surface area contributed by atoms with Crippen molar-refractivity contribution in [2.45, 2.75) is 39.5 Å². The van der Waals surface area contributed by atoms with Gasteiger partial charge in [-0.1, -0.05) is 19.1 Å². The van der Waals surface area contributed by atoms with Crippen molar-refractivity contribution in [3.05, 3.63) is 48.0 Å². The second kappa shape index (κ2) is 9.91. The summed E-state index contributed by atoms with van der Waals surface area (Å²) in [6.45, 7) is 3.93. The van der Waals surface area contributed by atoms with E-state index in [0.29, 0.717) is 17.8 Å². The van der Waals surface area contributed by atoms with Crippen molar-refractivity contribution in [3.63, 3.8) is 0 Å². The van der Waals surface area contributed by atoms with Gasteiger partial charge in [0.2, 0.25) is 17.7 Å². The molecule has 0 bridgehead atoms. The number of hydrogen-bond donors (Lipinski definition) is 4. The van der Waals surface area contributed by atoms with Crippen LogP contribution in [0.5, 0.6) is 0 Å². The van der Waals surface area contributed by atoms with Crippen molar-refractivity contribution in [1.29, 1.82) is 0 Å². The molecule has 3 amide bonds. The van der Waals surface area contributed by atoms with Crippen molar-refractivity contribution in [2.24, 2.45) is 5.92 Å². The molecule has 2 aromatic rings. The third-order valence-corrected chi connectivity index (χ3v) is 4.89. The molecule has 30 heavy (non-hydrogen) atoms. The predicted octanol–water partition coefficient (Wildman–Crippen LogP) is 4.13. The molecule has 1 aliphatic carbocycles. The summed E-state index contributed by atoms with van der Waals surface area (Å²) in [5.74, 6) is -0.0705. The van der Waals surface area contributed by atoms with Crippen LogP contribution in [0.25, 0.3) is 0 Å². The molecule has 1 fully saturated rings. The zero-order valence-corrected chi connectivity index (χ0v) is 17.4. The van der Waals surface area contributed by atoms with Crippen LogP contribution in [0.2, 0.25) is 0 Å². The molecule has 7 heteroatoms. The van der Waals surface area contributed by atoms with E-state index in [1.54, 1.807) is 24.3 Å². The van der Waals surface area contributed by atoms with Gasteiger partial charge in [-0.2, -0.15) is 0 Å². The van der Waals surface area contributed by atoms with E-state index < -0.39 is 0 Å². The summed E-state index contributed by atoms with van der Waals surface area (Å²) in [5, 5.41) is 11.7. The van der Waals surface area contributed by atoms with Crippen LogP contribution in [-0.2, 0) is 14.4 Å². The first-order valence-electron chi connectivity index (χ1n) is 10.3. The highest BCUT2D eigenvalue weighted by atomic mass is 16.2. The first kappa shape index (κ1) is 21.4. The normalized spacial score (nSPS) is 12.7. The van der Waals surface area contributed by atoms with Crippen LogP contribution in [0, 0.1) is 12.8 Å². The topological polar surface area (TPSA) is 99.3 Å². The Morgan fingerprint density at radius 3 is 2.20 bits per heavy atom. The minimum Gasteiger partial charge on any atom is -0.376 e. The second-order valence-corrected chi connectivity index (χ2v) is 7.52. The molecule has 0 aliphatic heterocycles. The average Bonchev–Trinajstić information content (AvgIpc) is 3.54. The van der Waals surface area contributed by atoms with E-state index in [1.807, 2.05) is 32.0 Å². The maximum atomic E-state index is 12.4. The van der Waals surface area contributed by atoms with Crippen LogP contribution in [0.4, 0.5) is 22.7 Å². The highest BCUT2D eigenvalue weighted by Crippen LogP contribution is 2.31. The molecule has 1 aliphatic rings. The molecule has 4 N–H and O–H groups in total. The third-order valence-electron chi connectivity index (χ3n) is 4.89. The minimum absolute atomic E-state index is 0.0493. The van der Waals surface area contributed by atoms with Crippen LogP contribution >= 0.6 is 0 Å². The molecule has 2 aromatic carbocycles. The fourth-order valence-corrected chi connectivity index (χ4v) is 3.05. The van der Waals surface area contributed by atoms with Gasteiger partial charge in [0.05, 0.1) is 6.54 Å². The lowest BCUT2D eigenvalue weighted by Gasteiger charge is -2.14. The number of nitrogens with one attached hydrogen (secondary N) is 4. The number of amides is 3. The number of hydrogen-bond acceptors (Lipinski definition) is 4. The number of anilines is 4. The standard InChI is InChI=1S/C23H28N4O3/c1-3-6-21(28)25-17-7-4-8-18(13-17)26-22(29)14-24-19-9-5-10-20(15(19)2)27-23(30)16-11-12-16/h4-5,7-10,13,16,24H,3,6,11-12,14H2,1-2H3,(H,25,28)(H,26,29)(H,27,30). The van der Waals surface area contributed by atoms with Crippen LogP contribution in [0.3, 0.4) is 0 Å². The maximum Gasteiger partial charge on any atom is 0.243 e. The summed E-state index contributed by atoms with van der Waals surface area (Å²) in [4.78, 5) is 36.1. The monoisotopic (exact) mass is 408 g/mol. The van der Waals surface area contributed by atoms with Gasteiger partial charge in [-0.15, -0.1) is 0 Å². The molecule has 0 unspecified atom stereocenters. The number of carbonyl (C=O) groups is 3. The zero-order valence-electron chi connectivity index (χ0n) is 17.4. The van der Waals surface area contributed by atoms with Gasteiger partial charge in [0, 0.05) is 35.1 Å². The predicted molar refractivity (Wildman–Crippen MR) is 120 cm³/mol. The lowest BCUT2D eigenvalue weighted by molar-refractivity contribution is -0.117. The summed E-state index contributed by atoms with van der Waals surface area (Å²) in [7, 11) is 0. The Kier molecular flexibility index (Phi) is 7.06. The molecular formula is C23H28N4O3. The highest BCUT2D eigenvalue weighted by molar-refractivity contribution is 5.97. The largest absolute Gasteiger partial charge is 0.376 e. The quantitative estimate of drug-likeness (QED) is 0.501. The van der Waals surface area contributed by atoms with Gasteiger partial charge in [-0.25, -0.2) is 0 Å². The first-order chi connectivity index (χ1) is 14.5. The lowest BCUT2D eigenvalue weighted by Crippen LogP contribution is -2.22. The van der Waals surface area contributed by atoms with E-state index in [9.17, 15) is 14.4 Å². The van der Waals surface area contributed by atoms with Crippen LogP contribution in [0.15, 0.2) is 42.5 Å². The molecule has 0 spiro atoms. The summed E-state index contributed by atoms with van der Waals surface area (Å²) in [6.07, 6.45) is 3.14. The van der Waals surface area contributed by atoms with Gasteiger partial charge >= 0.3 is 0 Å². The van der Waals surface area contributed by atoms with Gasteiger partial charge < -0.3 is 21.3 Å². The molecular weight excluding hydrogens is 380 g/mol. The number of rotatable bonds is 9. The molecule has 1 saturated carbocycles. The summed E-state index contributed by atoms with van der Waals surface area (Å²) >= 11 is 0. The van der Waals surface area contributed by atoms with E-state index in [1.165, 1.54) is 0 Å². The van der Waals surface area contributed by atoms with Gasteiger partial charge in [-0.3, -0.25) is 14.4 Å². The van der Waals surface area contributed by atoms with Crippen molar-refractivity contribution < 1.29 is 14.4 Å². The number of benzene rings is 2. The Labute approximate surface area is 176 Å². The van der Waals surface area contributed by atoms with Gasteiger partial charge in [0.1, 0.15) is 0 Å². The minimum atomic E-state index is -0.209. The smallest absolute Gasteiger partial charge is 0.243 e. The summed E-state index contributed by atoms with van der Waals surface area (Å²) in [5.41, 5.74) is 3.69. The fourth-order valence-electron chi connectivity index (χ4n) is 3.05. The average molecular weight is 409 g/mol. The molecule has 0 atom stereocenters. The van der Waals surface area contributed by atoms with Gasteiger partial charge in [0.25, 0.3) is 0 Å². The molecule has 0 saturated heterocycles. The zero-order chi connectivity index (χ0) is 21.5. The molecule has 0 radical (unpaired) electrons. The van der Waals surface area contributed by atoms with E-state index in [2.05, 4.69) is 21.3 Å². The van der Waals surface area contributed by atoms with Crippen LogP contribution in [-0.4, -0.2) is 24.3 Å². The van der Waals surface area contributed by atoms with Crippen LogP contribution in [0.1, 0.15) is 38.2 Å². The van der Waals surface area contributed by atoms with Crippen molar-refractivity contribution in [1.82, 2.24) is 0 Å². The molecule has 0 heterocycles. The Morgan fingerprint density at radius 2 is 1.53 bits per heavy atom. The van der Waals surface area contributed by atoms with E-state index in [0.717, 1.165) is 36.2 Å². The van der Waals surface area contributed by atoms with Gasteiger partial charge in [0.15, 0.2) is 0 Å². The van der Waals surface area contributed by atoms with Crippen molar-refractivity contribution in [3.8, 4) is 0 Å². The SMILES string of the molecule is CCCC(=O)Nc1cccc(NC(=O)CNc2cccc(NC(=O)C3CC3)c2C)c1. The van der Waals surface area contributed by atoms with E-state index >= 15 is 0 Å². The maximum absolute atomic E-state index is 12.4. The Hall–Kier alpha value is -3.35. The second-order valence-electron chi connectivity index (χ2n) is 7.52. The Bertz CT molecular complexity index is 938. The molecule has 158 valence electrons. The highest BCUT2D eigenvalue weighted by Gasteiger charge is 2.29. The van der Waals surface area contributed by atoms with Crippen molar-refractivity contribution in [2.75, 3.05) is 27.8 Å². The molecule has 3 rings (SSSR count). The van der Waals surface area contributed by atoms with Gasteiger partial charge in [-0.05, 0) is 62.1 Å². The molecule has 0 aromatic heterocycles. The summed E-state index contributed by atoms with van der Waals surface area (Å²) < 4.78 is 0. The van der Waals surface area contributed by atoms with Crippen molar-refractivity contribution >= 4 is 40.5 Å². The van der Waals surface area contributed by atoms with E-state index in [4.69, 9.17) is 0 Å². The Balaban J connectivity index is 1.54. The van der Waals surface area contributed by atoms with E-state index in [-0.39, 0.29) is 30.2 Å². The summed E-state index contributed by atoms with van der Waals surface area (Å²) in [6, 6.07) is 12.6. The Morgan fingerprint density at radius 1 is 0.900 bits per heavy atom.